The molecule has 7 nitrogen and oxygen atoms in total. The summed E-state index contributed by atoms with van der Waals surface area (Å²) in [5.41, 5.74) is -1.82. The zero-order valence-electron chi connectivity index (χ0n) is 22.7. The van der Waals surface area contributed by atoms with Gasteiger partial charge in [-0.2, -0.15) is 13.2 Å². The van der Waals surface area contributed by atoms with Gasteiger partial charge in [0.25, 0.3) is 5.91 Å². The van der Waals surface area contributed by atoms with Crippen LogP contribution in [-0.2, 0) is 20.5 Å². The quantitative estimate of drug-likeness (QED) is 0.421. The number of hydrogen-bond donors (Lipinski definition) is 1. The number of methoxy groups -OCH3 is 1. The van der Waals surface area contributed by atoms with Crippen LogP contribution in [-0.4, -0.2) is 91.5 Å². The van der Waals surface area contributed by atoms with Crippen molar-refractivity contribution in [1.82, 2.24) is 9.80 Å². The number of anilines is 1. The number of rotatable bonds is 10. The summed E-state index contributed by atoms with van der Waals surface area (Å²) in [5, 5.41) is 8.97. The van der Waals surface area contributed by atoms with Crippen LogP contribution in [0.2, 0.25) is 0 Å². The van der Waals surface area contributed by atoms with Gasteiger partial charge in [0.1, 0.15) is 0 Å². The molecule has 1 saturated carbocycles. The third kappa shape index (κ3) is 6.67. The molecule has 3 atom stereocenters. The van der Waals surface area contributed by atoms with E-state index < -0.39 is 35.3 Å². The molecule has 4 rings (SSSR count). The number of nitrogens with zero attached hydrogens (tertiary/aromatic N) is 3. The van der Waals surface area contributed by atoms with Crippen LogP contribution < -0.4 is 4.90 Å². The second-order valence-corrected chi connectivity index (χ2v) is 11.3. The minimum Gasteiger partial charge on any atom is -0.481 e. The number of benzene rings is 1. The summed E-state index contributed by atoms with van der Waals surface area (Å²) in [6, 6.07) is 3.49. The lowest BCUT2D eigenvalue weighted by Gasteiger charge is -2.31. The second kappa shape index (κ2) is 12.0. The van der Waals surface area contributed by atoms with Gasteiger partial charge in [0.2, 0.25) is 5.67 Å². The van der Waals surface area contributed by atoms with Crippen LogP contribution >= 0.6 is 0 Å². The molecule has 2 saturated heterocycles. The Hall–Kier alpha value is -2.40. The molecule has 218 valence electrons. The highest BCUT2D eigenvalue weighted by Crippen LogP contribution is 2.42. The van der Waals surface area contributed by atoms with Crippen molar-refractivity contribution in [3.8, 4) is 0 Å². The van der Waals surface area contributed by atoms with E-state index in [1.54, 1.807) is 11.9 Å². The van der Waals surface area contributed by atoms with E-state index in [4.69, 9.17) is 9.84 Å². The molecule has 0 radical (unpaired) electrons. The number of alkyl halides is 4. The first kappa shape index (κ1) is 29.6. The maximum atomic E-state index is 16.1. The number of halogens is 4. The Bertz CT molecular complexity index is 1030. The van der Waals surface area contributed by atoms with E-state index in [2.05, 4.69) is 4.90 Å². The van der Waals surface area contributed by atoms with E-state index in [0.29, 0.717) is 30.3 Å². The van der Waals surface area contributed by atoms with E-state index in [-0.39, 0.29) is 51.4 Å². The van der Waals surface area contributed by atoms with Crippen molar-refractivity contribution in [3.05, 3.63) is 29.3 Å². The Kier molecular flexibility index (Phi) is 9.10. The fourth-order valence-electron chi connectivity index (χ4n) is 6.54. The van der Waals surface area contributed by atoms with Gasteiger partial charge in [0.15, 0.2) is 0 Å². The molecule has 3 fully saturated rings. The maximum absolute atomic E-state index is 16.1. The third-order valence-electron chi connectivity index (χ3n) is 8.60. The zero-order valence-corrected chi connectivity index (χ0v) is 22.7. The Morgan fingerprint density at radius 1 is 1.23 bits per heavy atom. The maximum Gasteiger partial charge on any atom is 0.416 e. The number of carbonyl (C=O) groups is 2. The van der Waals surface area contributed by atoms with Crippen molar-refractivity contribution in [1.29, 1.82) is 0 Å². The fraction of sp³-hybridized carbons (Fsp3) is 0.714. The standard InChI is InChI=1S/C28H39F4N3O4/c1-33(12-5-8-25(36)37)24-15-20(28(30,31)32)9-10-23(24)19-14-22(17-39-2)35(16-19)26(38)27(29)11-13-34(18-27)21-6-3-4-7-21/h9-10,15,19,21-22H,3-8,11-14,16-18H2,1-2H3,(H,36,37)/t19-,22+,27-/m1/s1. The first-order valence-electron chi connectivity index (χ1n) is 13.8. The van der Waals surface area contributed by atoms with Crippen LogP contribution in [0.4, 0.5) is 23.2 Å². The van der Waals surface area contributed by atoms with Crippen LogP contribution in [0, 0.1) is 0 Å². The van der Waals surface area contributed by atoms with Gasteiger partial charge < -0.3 is 19.6 Å². The molecule has 0 bridgehead atoms. The highest BCUT2D eigenvalue weighted by Gasteiger charge is 2.52. The van der Waals surface area contributed by atoms with Crippen molar-refractivity contribution in [2.75, 3.05) is 51.8 Å². The number of likely N-dealkylation sites (tertiary alicyclic amines) is 2. The summed E-state index contributed by atoms with van der Waals surface area (Å²) in [4.78, 5) is 29.9. The lowest BCUT2D eigenvalue weighted by molar-refractivity contribution is -0.145. The Labute approximate surface area is 227 Å². The predicted molar refractivity (Wildman–Crippen MR) is 139 cm³/mol. The van der Waals surface area contributed by atoms with Crippen molar-refractivity contribution >= 4 is 17.6 Å². The van der Waals surface area contributed by atoms with Gasteiger partial charge in [0, 0.05) is 70.8 Å². The van der Waals surface area contributed by atoms with E-state index in [1.807, 2.05) is 0 Å². The number of carboxylic acid groups (broad SMARTS) is 1. The Morgan fingerprint density at radius 2 is 1.95 bits per heavy atom. The number of carboxylic acids is 1. The van der Waals surface area contributed by atoms with Crippen LogP contribution in [0.15, 0.2) is 18.2 Å². The second-order valence-electron chi connectivity index (χ2n) is 11.3. The third-order valence-corrected chi connectivity index (χ3v) is 8.60. The van der Waals surface area contributed by atoms with Crippen LogP contribution in [0.25, 0.3) is 0 Å². The monoisotopic (exact) mass is 557 g/mol. The molecule has 39 heavy (non-hydrogen) atoms. The van der Waals surface area contributed by atoms with Crippen LogP contribution in [0.1, 0.15) is 68.4 Å². The van der Waals surface area contributed by atoms with Gasteiger partial charge >= 0.3 is 12.1 Å². The topological polar surface area (TPSA) is 73.3 Å². The van der Waals surface area contributed by atoms with Gasteiger partial charge in [0.05, 0.1) is 18.2 Å². The molecule has 0 spiro atoms. The summed E-state index contributed by atoms with van der Waals surface area (Å²) < 4.78 is 62.2. The smallest absolute Gasteiger partial charge is 0.416 e. The summed E-state index contributed by atoms with van der Waals surface area (Å²) in [7, 11) is 3.15. The summed E-state index contributed by atoms with van der Waals surface area (Å²) in [6.07, 6.45) is 0.501. The van der Waals surface area contributed by atoms with E-state index in [0.717, 1.165) is 37.8 Å². The summed E-state index contributed by atoms with van der Waals surface area (Å²) in [5.74, 6) is -1.85. The van der Waals surface area contributed by atoms with Gasteiger partial charge in [-0.1, -0.05) is 18.9 Å². The highest BCUT2D eigenvalue weighted by atomic mass is 19.4. The molecule has 1 N–H and O–H groups in total. The number of carbonyl (C=O) groups excluding carboxylic acids is 1. The molecule has 1 aromatic rings. The molecule has 1 aromatic carbocycles. The first-order chi connectivity index (χ1) is 18.4. The van der Waals surface area contributed by atoms with Crippen LogP contribution in [0.5, 0.6) is 0 Å². The normalized spacial score (nSPS) is 26.5. The van der Waals surface area contributed by atoms with Crippen molar-refractivity contribution in [2.24, 2.45) is 0 Å². The Balaban J connectivity index is 1.56. The Morgan fingerprint density at radius 3 is 2.59 bits per heavy atom. The predicted octanol–water partition coefficient (Wildman–Crippen LogP) is 4.69. The zero-order chi connectivity index (χ0) is 28.4. The molecule has 0 aromatic heterocycles. The molecule has 1 aliphatic carbocycles. The summed E-state index contributed by atoms with van der Waals surface area (Å²) in [6.45, 7) is 1.26. The van der Waals surface area contributed by atoms with E-state index in [9.17, 15) is 22.8 Å². The SMILES string of the molecule is COC[C@@H]1C[C@@H](c2ccc(C(F)(F)F)cc2N(C)CCCC(=O)O)CN1C(=O)[C@@]1(F)CCN(C2CCCC2)C1. The molecule has 2 heterocycles. The van der Waals surface area contributed by atoms with Crippen molar-refractivity contribution < 1.29 is 37.0 Å². The minimum atomic E-state index is -4.54. The lowest BCUT2D eigenvalue weighted by atomic mass is 9.93. The molecule has 0 unspecified atom stereocenters. The van der Waals surface area contributed by atoms with Gasteiger partial charge in [-0.3, -0.25) is 14.5 Å². The molecule has 11 heteroatoms. The minimum absolute atomic E-state index is 0.0786. The van der Waals surface area contributed by atoms with Crippen molar-refractivity contribution in [2.45, 2.75) is 81.2 Å². The number of amides is 1. The number of aliphatic carboxylic acids is 1. The van der Waals surface area contributed by atoms with Gasteiger partial charge in [-0.25, -0.2) is 4.39 Å². The average Bonchev–Trinajstić information content (AvgIpc) is 3.63. The van der Waals surface area contributed by atoms with E-state index in [1.165, 1.54) is 18.1 Å². The van der Waals surface area contributed by atoms with E-state index >= 15 is 4.39 Å². The number of ether oxygens (including phenoxy) is 1. The first-order valence-corrected chi connectivity index (χ1v) is 13.8. The van der Waals surface area contributed by atoms with Gasteiger partial charge in [-0.05, 0) is 43.4 Å². The molecule has 2 aliphatic heterocycles. The number of hydrogen-bond acceptors (Lipinski definition) is 5. The molecular formula is C28H39F4N3O4. The molecular weight excluding hydrogens is 518 g/mol. The molecule has 1 amide bonds. The lowest BCUT2D eigenvalue weighted by Crippen LogP contribution is -2.51. The van der Waals surface area contributed by atoms with Crippen LogP contribution in [0.3, 0.4) is 0 Å². The summed E-state index contributed by atoms with van der Waals surface area (Å²) >= 11 is 0. The molecule has 3 aliphatic rings. The fourth-order valence-corrected chi connectivity index (χ4v) is 6.54. The average molecular weight is 558 g/mol. The highest BCUT2D eigenvalue weighted by molar-refractivity contribution is 5.86. The van der Waals surface area contributed by atoms with Gasteiger partial charge in [-0.15, -0.1) is 0 Å². The van der Waals surface area contributed by atoms with Crippen molar-refractivity contribution in [3.63, 3.8) is 0 Å². The largest absolute Gasteiger partial charge is 0.481 e.